The lowest BCUT2D eigenvalue weighted by atomic mass is 9.97. The van der Waals surface area contributed by atoms with Crippen molar-refractivity contribution >= 4 is 5.82 Å². The predicted octanol–water partition coefficient (Wildman–Crippen LogP) is 2.80. The summed E-state index contributed by atoms with van der Waals surface area (Å²) >= 11 is 0. The summed E-state index contributed by atoms with van der Waals surface area (Å²) in [5, 5.41) is 17.4. The lowest BCUT2D eigenvalue weighted by Crippen LogP contribution is -2.35. The number of aromatic nitrogens is 4. The van der Waals surface area contributed by atoms with Gasteiger partial charge in [0.15, 0.2) is 0 Å². The molecule has 0 radical (unpaired) electrons. The monoisotopic (exact) mass is 324 g/mol. The van der Waals surface area contributed by atoms with Crippen molar-refractivity contribution in [2.45, 2.75) is 45.6 Å². The van der Waals surface area contributed by atoms with Crippen LogP contribution in [0.25, 0.3) is 0 Å². The minimum Gasteiger partial charge on any atom is -0.357 e. The van der Waals surface area contributed by atoms with Gasteiger partial charge in [-0.15, -0.1) is 5.10 Å². The number of nitriles is 1. The Labute approximate surface area is 143 Å². The predicted molar refractivity (Wildman–Crippen MR) is 92.5 cm³/mol. The Kier molecular flexibility index (Phi) is 5.42. The van der Waals surface area contributed by atoms with Gasteiger partial charge in [0, 0.05) is 32.0 Å². The molecule has 126 valence electrons. The fraction of sp³-hybridized carbons (Fsp3) is 0.556. The molecule has 1 fully saturated rings. The molecule has 2 aromatic rings. The molecule has 0 bridgehead atoms. The van der Waals surface area contributed by atoms with E-state index in [1.807, 2.05) is 16.8 Å². The van der Waals surface area contributed by atoms with Crippen LogP contribution in [-0.2, 0) is 13.0 Å². The first kappa shape index (κ1) is 16.4. The van der Waals surface area contributed by atoms with Gasteiger partial charge in [-0.3, -0.25) is 4.68 Å². The van der Waals surface area contributed by atoms with Crippen LogP contribution < -0.4 is 4.90 Å². The maximum atomic E-state index is 8.85. The van der Waals surface area contributed by atoms with E-state index >= 15 is 0 Å². The molecule has 3 rings (SSSR count). The van der Waals surface area contributed by atoms with E-state index in [9.17, 15) is 0 Å². The lowest BCUT2D eigenvalue weighted by molar-refractivity contribution is 0.338. The number of anilines is 1. The second-order valence-corrected chi connectivity index (χ2v) is 6.48. The van der Waals surface area contributed by atoms with Gasteiger partial charge in [-0.2, -0.15) is 5.26 Å². The van der Waals surface area contributed by atoms with Gasteiger partial charge >= 0.3 is 0 Å². The average Bonchev–Trinajstić information content (AvgIpc) is 3.08. The maximum absolute atomic E-state index is 8.85. The first-order valence-electron chi connectivity index (χ1n) is 8.78. The fourth-order valence-electron chi connectivity index (χ4n) is 3.15. The maximum Gasteiger partial charge on any atom is 0.128 e. The zero-order valence-electron chi connectivity index (χ0n) is 14.2. The third-order valence-corrected chi connectivity index (χ3v) is 4.63. The molecule has 6 nitrogen and oxygen atoms in total. The summed E-state index contributed by atoms with van der Waals surface area (Å²) in [5.74, 6) is 1.61. The zero-order chi connectivity index (χ0) is 16.8. The molecule has 0 saturated carbocycles. The molecule has 0 amide bonds. The van der Waals surface area contributed by atoms with Gasteiger partial charge in [-0.25, -0.2) is 4.98 Å². The molecule has 24 heavy (non-hydrogen) atoms. The van der Waals surface area contributed by atoms with Crippen molar-refractivity contribution in [1.29, 1.82) is 5.26 Å². The van der Waals surface area contributed by atoms with Crippen LogP contribution in [0.5, 0.6) is 0 Å². The average molecular weight is 324 g/mol. The van der Waals surface area contributed by atoms with E-state index in [2.05, 4.69) is 39.4 Å². The molecular weight excluding hydrogens is 300 g/mol. The molecule has 1 aliphatic heterocycles. The van der Waals surface area contributed by atoms with Gasteiger partial charge < -0.3 is 4.90 Å². The highest BCUT2D eigenvalue weighted by atomic mass is 15.4. The molecule has 0 unspecified atom stereocenters. The van der Waals surface area contributed by atoms with E-state index in [1.165, 1.54) is 12.8 Å². The molecule has 0 aromatic carbocycles. The van der Waals surface area contributed by atoms with Gasteiger partial charge in [-0.1, -0.05) is 18.6 Å². The van der Waals surface area contributed by atoms with E-state index in [4.69, 9.17) is 5.26 Å². The molecule has 6 heteroatoms. The minimum absolute atomic E-state index is 0.610. The quantitative estimate of drug-likeness (QED) is 0.817. The number of piperidine rings is 1. The van der Waals surface area contributed by atoms with Gasteiger partial charge in [0.05, 0.1) is 11.3 Å². The topological polar surface area (TPSA) is 70.6 Å². The van der Waals surface area contributed by atoms with Crippen molar-refractivity contribution in [1.82, 2.24) is 20.0 Å². The van der Waals surface area contributed by atoms with Crippen LogP contribution in [0.4, 0.5) is 5.82 Å². The van der Waals surface area contributed by atoms with Crippen molar-refractivity contribution in [2.24, 2.45) is 5.92 Å². The van der Waals surface area contributed by atoms with E-state index < -0.39 is 0 Å². The van der Waals surface area contributed by atoms with Crippen LogP contribution in [0.1, 0.15) is 43.9 Å². The summed E-state index contributed by atoms with van der Waals surface area (Å²) in [4.78, 5) is 6.69. The van der Waals surface area contributed by atoms with E-state index in [0.717, 1.165) is 50.4 Å². The highest BCUT2D eigenvalue weighted by Crippen LogP contribution is 2.23. The number of unbranched alkanes of at least 4 members (excludes halogenated alkanes) is 1. The Bertz CT molecular complexity index is 676. The number of rotatable bonds is 6. The van der Waals surface area contributed by atoms with Crippen molar-refractivity contribution in [2.75, 3.05) is 18.0 Å². The molecular formula is C18H24N6. The largest absolute Gasteiger partial charge is 0.357 e. The Morgan fingerprint density at radius 1 is 1.29 bits per heavy atom. The molecule has 3 heterocycles. The van der Waals surface area contributed by atoms with E-state index in [1.54, 1.807) is 6.20 Å². The van der Waals surface area contributed by atoms with Gasteiger partial charge in [-0.05, 0) is 43.7 Å². The summed E-state index contributed by atoms with van der Waals surface area (Å²) < 4.78 is 2.01. The first-order chi connectivity index (χ1) is 11.8. The summed E-state index contributed by atoms with van der Waals surface area (Å²) in [6, 6.07) is 5.89. The van der Waals surface area contributed by atoms with Crippen LogP contribution >= 0.6 is 0 Å². The number of nitrogens with zero attached hydrogens (tertiary/aromatic N) is 6. The van der Waals surface area contributed by atoms with Crippen LogP contribution in [0, 0.1) is 17.2 Å². The van der Waals surface area contributed by atoms with Gasteiger partial charge in [0.25, 0.3) is 0 Å². The smallest absolute Gasteiger partial charge is 0.128 e. The SMILES string of the molecule is CCCCc1cn(CC2CCN(c3ccc(C#N)cn3)CC2)nn1. The highest BCUT2D eigenvalue weighted by molar-refractivity contribution is 5.42. The van der Waals surface area contributed by atoms with Crippen molar-refractivity contribution in [3.63, 3.8) is 0 Å². The van der Waals surface area contributed by atoms with Crippen LogP contribution in [-0.4, -0.2) is 33.1 Å². The van der Waals surface area contributed by atoms with Crippen molar-refractivity contribution in [3.8, 4) is 6.07 Å². The minimum atomic E-state index is 0.610. The molecule has 1 saturated heterocycles. The number of aryl methyl sites for hydroxylation is 1. The van der Waals surface area contributed by atoms with Gasteiger partial charge in [0.1, 0.15) is 11.9 Å². The van der Waals surface area contributed by atoms with E-state index in [-0.39, 0.29) is 0 Å². The fourth-order valence-corrected chi connectivity index (χ4v) is 3.15. The van der Waals surface area contributed by atoms with Gasteiger partial charge in [0.2, 0.25) is 0 Å². The van der Waals surface area contributed by atoms with Crippen molar-refractivity contribution in [3.05, 3.63) is 35.8 Å². The second kappa shape index (κ2) is 7.91. The number of hydrogen-bond acceptors (Lipinski definition) is 5. The molecule has 0 spiro atoms. The number of hydrogen-bond donors (Lipinski definition) is 0. The third kappa shape index (κ3) is 4.10. The summed E-state index contributed by atoms with van der Waals surface area (Å²) in [6.45, 7) is 5.15. The lowest BCUT2D eigenvalue weighted by Gasteiger charge is -2.32. The molecule has 0 atom stereocenters. The molecule has 0 aliphatic carbocycles. The van der Waals surface area contributed by atoms with Crippen LogP contribution in [0.2, 0.25) is 0 Å². The molecule has 0 N–H and O–H groups in total. The standard InChI is InChI=1S/C18H24N6/c1-2-3-4-17-14-24(22-21-17)13-15-7-9-23(10-8-15)18-6-5-16(11-19)12-20-18/h5-6,12,14-15H,2-4,7-10,13H2,1H3. The summed E-state index contributed by atoms with van der Waals surface area (Å²) in [7, 11) is 0. The third-order valence-electron chi connectivity index (χ3n) is 4.63. The number of pyridine rings is 1. The zero-order valence-corrected chi connectivity index (χ0v) is 14.2. The Morgan fingerprint density at radius 2 is 2.12 bits per heavy atom. The van der Waals surface area contributed by atoms with Crippen molar-refractivity contribution < 1.29 is 0 Å². The first-order valence-corrected chi connectivity index (χ1v) is 8.78. The summed E-state index contributed by atoms with van der Waals surface area (Å²) in [5.41, 5.74) is 1.72. The normalized spacial score (nSPS) is 15.4. The Balaban J connectivity index is 1.49. The Morgan fingerprint density at radius 3 is 2.79 bits per heavy atom. The molecule has 1 aliphatic rings. The van der Waals surface area contributed by atoms with Crippen LogP contribution in [0.3, 0.4) is 0 Å². The molecule has 2 aromatic heterocycles. The van der Waals surface area contributed by atoms with E-state index in [0.29, 0.717) is 11.5 Å². The van der Waals surface area contributed by atoms with Crippen LogP contribution in [0.15, 0.2) is 24.5 Å². The summed E-state index contributed by atoms with van der Waals surface area (Å²) in [6.07, 6.45) is 9.40. The Hall–Kier alpha value is -2.42. The second-order valence-electron chi connectivity index (χ2n) is 6.48. The highest BCUT2D eigenvalue weighted by Gasteiger charge is 2.21.